The molecule has 0 saturated heterocycles. The van der Waals surface area contributed by atoms with Crippen LogP contribution in [0.4, 0.5) is 5.69 Å². The molecule has 0 aliphatic rings. The van der Waals surface area contributed by atoms with Crippen LogP contribution in [0.5, 0.6) is 0 Å². The molecule has 94 valence electrons. The van der Waals surface area contributed by atoms with E-state index in [0.29, 0.717) is 5.25 Å². The largest absolute Gasteiger partial charge is 0.396 e. The van der Waals surface area contributed by atoms with Gasteiger partial charge in [0.15, 0.2) is 0 Å². The number of amides is 1. The Morgan fingerprint density at radius 1 is 1.53 bits per heavy atom. The summed E-state index contributed by atoms with van der Waals surface area (Å²) in [6.45, 7) is 3.85. The van der Waals surface area contributed by atoms with Crippen molar-refractivity contribution >= 4 is 23.4 Å². The van der Waals surface area contributed by atoms with Crippen LogP contribution < -0.4 is 5.32 Å². The first-order chi connectivity index (χ1) is 8.11. The van der Waals surface area contributed by atoms with Crippen molar-refractivity contribution in [3.63, 3.8) is 0 Å². The van der Waals surface area contributed by atoms with Crippen LogP contribution in [0.25, 0.3) is 0 Å². The van der Waals surface area contributed by atoms with Crippen LogP contribution in [-0.2, 0) is 10.5 Å². The number of rotatable bonds is 6. The molecule has 0 spiro atoms. The Morgan fingerprint density at radius 3 is 2.94 bits per heavy atom. The number of benzene rings is 1. The van der Waals surface area contributed by atoms with Crippen molar-refractivity contribution in [2.75, 3.05) is 11.9 Å². The standard InChI is InChI=1S/C13H19NO2S/c1-10(6-7-15)17-9-12-4-3-5-13(8-12)14-11(2)16/h3-5,8,10,15H,6-7,9H2,1-2H3,(H,14,16)/t10-/m0/s1. The van der Waals surface area contributed by atoms with Crippen molar-refractivity contribution in [3.05, 3.63) is 29.8 Å². The Hall–Kier alpha value is -1.00. The Balaban J connectivity index is 2.50. The number of aliphatic hydroxyl groups excluding tert-OH is 1. The highest BCUT2D eigenvalue weighted by Crippen LogP contribution is 2.21. The van der Waals surface area contributed by atoms with Crippen molar-refractivity contribution in [1.29, 1.82) is 0 Å². The lowest BCUT2D eigenvalue weighted by atomic mass is 10.2. The maximum atomic E-state index is 10.9. The second-order valence-electron chi connectivity index (χ2n) is 4.02. The summed E-state index contributed by atoms with van der Waals surface area (Å²) in [5, 5.41) is 12.0. The first-order valence-corrected chi connectivity index (χ1v) is 6.75. The van der Waals surface area contributed by atoms with Gasteiger partial charge in [0.2, 0.25) is 5.91 Å². The number of carbonyl (C=O) groups is 1. The molecule has 3 nitrogen and oxygen atoms in total. The molecule has 0 saturated carbocycles. The van der Waals surface area contributed by atoms with Crippen molar-refractivity contribution in [1.82, 2.24) is 0 Å². The van der Waals surface area contributed by atoms with Gasteiger partial charge in [-0.3, -0.25) is 4.79 Å². The van der Waals surface area contributed by atoms with Gasteiger partial charge in [0.1, 0.15) is 0 Å². The van der Waals surface area contributed by atoms with Crippen LogP contribution in [0.3, 0.4) is 0 Å². The fourth-order valence-electron chi connectivity index (χ4n) is 1.45. The number of anilines is 1. The smallest absolute Gasteiger partial charge is 0.221 e. The molecule has 0 heterocycles. The summed E-state index contributed by atoms with van der Waals surface area (Å²) in [6.07, 6.45) is 0.816. The zero-order chi connectivity index (χ0) is 12.7. The van der Waals surface area contributed by atoms with Crippen LogP contribution >= 0.6 is 11.8 Å². The molecule has 4 heteroatoms. The number of carbonyl (C=O) groups excluding carboxylic acids is 1. The van der Waals surface area contributed by atoms with Crippen molar-refractivity contribution in [2.24, 2.45) is 0 Å². The van der Waals surface area contributed by atoms with Gasteiger partial charge in [-0.15, -0.1) is 0 Å². The highest BCUT2D eigenvalue weighted by molar-refractivity contribution is 7.99. The molecule has 2 N–H and O–H groups in total. The van der Waals surface area contributed by atoms with Gasteiger partial charge in [-0.1, -0.05) is 19.1 Å². The first-order valence-electron chi connectivity index (χ1n) is 5.71. The molecule has 0 bridgehead atoms. The van der Waals surface area contributed by atoms with Crippen LogP contribution in [0.2, 0.25) is 0 Å². The van der Waals surface area contributed by atoms with Gasteiger partial charge in [-0.2, -0.15) is 11.8 Å². The molecular weight excluding hydrogens is 234 g/mol. The Bertz CT molecular complexity index is 368. The minimum atomic E-state index is -0.0524. The van der Waals surface area contributed by atoms with E-state index in [1.165, 1.54) is 12.5 Å². The van der Waals surface area contributed by atoms with E-state index in [1.807, 2.05) is 36.0 Å². The van der Waals surface area contributed by atoms with E-state index < -0.39 is 0 Å². The zero-order valence-corrected chi connectivity index (χ0v) is 11.1. The lowest BCUT2D eigenvalue weighted by molar-refractivity contribution is -0.114. The van der Waals surface area contributed by atoms with Crippen LogP contribution in [0, 0.1) is 0 Å². The monoisotopic (exact) mass is 253 g/mol. The highest BCUT2D eigenvalue weighted by Gasteiger charge is 2.03. The highest BCUT2D eigenvalue weighted by atomic mass is 32.2. The minimum absolute atomic E-state index is 0.0524. The second-order valence-corrected chi connectivity index (χ2v) is 5.44. The number of thioether (sulfide) groups is 1. The summed E-state index contributed by atoms with van der Waals surface area (Å²) in [5.41, 5.74) is 2.02. The summed E-state index contributed by atoms with van der Waals surface area (Å²) >= 11 is 1.81. The maximum Gasteiger partial charge on any atom is 0.221 e. The Morgan fingerprint density at radius 2 is 2.29 bits per heavy atom. The average Bonchev–Trinajstić information content (AvgIpc) is 2.26. The lowest BCUT2D eigenvalue weighted by Gasteiger charge is -2.10. The first kappa shape index (κ1) is 14.1. The van der Waals surface area contributed by atoms with Gasteiger partial charge in [-0.25, -0.2) is 0 Å². The van der Waals surface area contributed by atoms with Crippen molar-refractivity contribution < 1.29 is 9.90 Å². The summed E-state index contributed by atoms with van der Waals surface area (Å²) in [4.78, 5) is 10.9. The molecule has 1 rings (SSSR count). The SMILES string of the molecule is CC(=O)Nc1cccc(CS[C@@H](C)CCO)c1. The number of aliphatic hydroxyl groups is 1. The summed E-state index contributed by atoms with van der Waals surface area (Å²) in [5.74, 6) is 0.845. The van der Waals surface area contributed by atoms with E-state index >= 15 is 0 Å². The quantitative estimate of drug-likeness (QED) is 0.819. The van der Waals surface area contributed by atoms with E-state index in [0.717, 1.165) is 17.9 Å². The van der Waals surface area contributed by atoms with Gasteiger partial charge < -0.3 is 10.4 Å². The molecule has 0 aliphatic carbocycles. The topological polar surface area (TPSA) is 49.3 Å². The molecule has 0 unspecified atom stereocenters. The fourth-order valence-corrected chi connectivity index (χ4v) is 2.37. The van der Waals surface area contributed by atoms with Crippen LogP contribution in [-0.4, -0.2) is 22.9 Å². The molecule has 1 aromatic rings. The Kier molecular flexibility index (Phi) is 6.08. The Labute approximate surface area is 107 Å². The van der Waals surface area contributed by atoms with Gasteiger partial charge in [0.25, 0.3) is 0 Å². The molecule has 1 aromatic carbocycles. The zero-order valence-electron chi connectivity index (χ0n) is 10.3. The number of hydrogen-bond donors (Lipinski definition) is 2. The predicted octanol–water partition coefficient (Wildman–Crippen LogP) is 2.65. The van der Waals surface area contributed by atoms with E-state index in [2.05, 4.69) is 12.2 Å². The third-order valence-electron chi connectivity index (χ3n) is 2.32. The van der Waals surface area contributed by atoms with Crippen LogP contribution in [0.15, 0.2) is 24.3 Å². The molecule has 0 aromatic heterocycles. The van der Waals surface area contributed by atoms with Gasteiger partial charge in [-0.05, 0) is 24.1 Å². The number of nitrogens with one attached hydrogen (secondary N) is 1. The third kappa shape index (κ3) is 5.75. The van der Waals surface area contributed by atoms with E-state index in [-0.39, 0.29) is 12.5 Å². The normalized spacial score (nSPS) is 12.2. The third-order valence-corrected chi connectivity index (χ3v) is 3.62. The van der Waals surface area contributed by atoms with E-state index in [4.69, 9.17) is 5.11 Å². The van der Waals surface area contributed by atoms with Gasteiger partial charge >= 0.3 is 0 Å². The van der Waals surface area contributed by atoms with E-state index in [1.54, 1.807) is 0 Å². The fraction of sp³-hybridized carbons (Fsp3) is 0.462. The average molecular weight is 253 g/mol. The molecule has 0 radical (unpaired) electrons. The molecular formula is C13H19NO2S. The van der Waals surface area contributed by atoms with Crippen molar-refractivity contribution in [2.45, 2.75) is 31.3 Å². The molecule has 0 fully saturated rings. The second kappa shape index (κ2) is 7.35. The van der Waals surface area contributed by atoms with Gasteiger partial charge in [0, 0.05) is 30.2 Å². The van der Waals surface area contributed by atoms with E-state index in [9.17, 15) is 4.79 Å². The number of hydrogen-bond acceptors (Lipinski definition) is 3. The summed E-state index contributed by atoms with van der Waals surface area (Å²) in [6, 6.07) is 7.86. The molecule has 1 atom stereocenters. The lowest BCUT2D eigenvalue weighted by Crippen LogP contribution is -2.06. The van der Waals surface area contributed by atoms with Gasteiger partial charge in [0.05, 0.1) is 0 Å². The van der Waals surface area contributed by atoms with Crippen LogP contribution in [0.1, 0.15) is 25.8 Å². The molecule has 1 amide bonds. The molecule has 17 heavy (non-hydrogen) atoms. The molecule has 0 aliphatic heterocycles. The maximum absolute atomic E-state index is 10.9. The summed E-state index contributed by atoms with van der Waals surface area (Å²) in [7, 11) is 0. The predicted molar refractivity (Wildman–Crippen MR) is 73.2 cm³/mol. The summed E-state index contributed by atoms with van der Waals surface area (Å²) < 4.78 is 0. The minimum Gasteiger partial charge on any atom is -0.396 e. The van der Waals surface area contributed by atoms with Crippen molar-refractivity contribution in [3.8, 4) is 0 Å².